The van der Waals surface area contributed by atoms with E-state index in [4.69, 9.17) is 9.47 Å². The van der Waals surface area contributed by atoms with Gasteiger partial charge in [0, 0.05) is 12.8 Å². The largest absolute Gasteiger partial charge is 0.472 e. The highest BCUT2D eigenvalue weighted by Crippen LogP contribution is 2.54. The van der Waals surface area contributed by atoms with Crippen molar-refractivity contribution in [2.24, 2.45) is 23.7 Å². The minimum Gasteiger partial charge on any atom is -0.472 e. The molecule has 0 spiro atoms. The van der Waals surface area contributed by atoms with Crippen LogP contribution in [0, 0.1) is 23.7 Å². The van der Waals surface area contributed by atoms with Crippen molar-refractivity contribution in [2.75, 3.05) is 6.79 Å². The van der Waals surface area contributed by atoms with E-state index in [-0.39, 0.29) is 10.9 Å². The third-order valence-corrected chi connectivity index (χ3v) is 10.3. The lowest BCUT2D eigenvalue weighted by Crippen LogP contribution is -2.49. The van der Waals surface area contributed by atoms with Gasteiger partial charge in [0.05, 0.1) is 22.8 Å². The molecule has 0 saturated heterocycles. The zero-order chi connectivity index (χ0) is 21.3. The van der Waals surface area contributed by atoms with Crippen LogP contribution < -0.4 is 0 Å². The van der Waals surface area contributed by atoms with Crippen LogP contribution in [0.4, 0.5) is 0 Å². The SMILES string of the molecule is C1=C(OCOC2C3CC4CC(C3)CC2C4)CCC([S+](c2ccccc2)c2ccccc2)=C1. The summed E-state index contributed by atoms with van der Waals surface area (Å²) in [6.07, 6.45) is 14.0. The van der Waals surface area contributed by atoms with E-state index < -0.39 is 0 Å². The lowest BCUT2D eigenvalue weighted by molar-refractivity contribution is -0.166. The van der Waals surface area contributed by atoms with Crippen LogP contribution in [0.2, 0.25) is 0 Å². The quantitative estimate of drug-likeness (QED) is 0.334. The van der Waals surface area contributed by atoms with E-state index in [2.05, 4.69) is 72.8 Å². The van der Waals surface area contributed by atoms with Gasteiger partial charge in [-0.25, -0.2) is 0 Å². The van der Waals surface area contributed by atoms with E-state index in [0.29, 0.717) is 12.9 Å². The van der Waals surface area contributed by atoms with Gasteiger partial charge in [-0.05, 0) is 92.2 Å². The van der Waals surface area contributed by atoms with Gasteiger partial charge in [0.1, 0.15) is 4.91 Å². The minimum absolute atomic E-state index is 0.0350. The Morgan fingerprint density at radius 2 is 1.28 bits per heavy atom. The molecule has 3 heteroatoms. The zero-order valence-corrected chi connectivity index (χ0v) is 19.5. The Balaban J connectivity index is 1.11. The maximum atomic E-state index is 6.35. The van der Waals surface area contributed by atoms with E-state index >= 15 is 0 Å². The molecule has 32 heavy (non-hydrogen) atoms. The van der Waals surface area contributed by atoms with Crippen molar-refractivity contribution < 1.29 is 9.47 Å². The van der Waals surface area contributed by atoms with Crippen molar-refractivity contribution in [1.82, 2.24) is 0 Å². The van der Waals surface area contributed by atoms with Gasteiger partial charge in [0.2, 0.25) is 0 Å². The Morgan fingerprint density at radius 1 is 0.688 bits per heavy atom. The highest BCUT2D eigenvalue weighted by molar-refractivity contribution is 8.00. The molecule has 0 amide bonds. The average Bonchev–Trinajstić information content (AvgIpc) is 2.83. The van der Waals surface area contributed by atoms with Crippen LogP contribution in [0.25, 0.3) is 0 Å². The van der Waals surface area contributed by atoms with E-state index in [1.807, 2.05) is 0 Å². The Kier molecular flexibility index (Phi) is 5.87. The van der Waals surface area contributed by atoms with Gasteiger partial charge in [-0.2, -0.15) is 0 Å². The first-order valence-electron chi connectivity index (χ1n) is 12.3. The summed E-state index contributed by atoms with van der Waals surface area (Å²) < 4.78 is 12.5. The van der Waals surface area contributed by atoms with Gasteiger partial charge in [-0.15, -0.1) is 0 Å². The molecular weight excluding hydrogens is 412 g/mol. The summed E-state index contributed by atoms with van der Waals surface area (Å²) in [6, 6.07) is 21.8. The third kappa shape index (κ3) is 4.18. The predicted octanol–water partition coefficient (Wildman–Crippen LogP) is 7.10. The fraction of sp³-hybridized carbons (Fsp3) is 0.448. The van der Waals surface area contributed by atoms with Gasteiger partial charge >= 0.3 is 0 Å². The monoisotopic (exact) mass is 445 g/mol. The van der Waals surface area contributed by atoms with E-state index in [0.717, 1.165) is 42.3 Å². The van der Waals surface area contributed by atoms with Gasteiger partial charge in [0.15, 0.2) is 16.6 Å². The second-order valence-electron chi connectivity index (χ2n) is 10.0. The topological polar surface area (TPSA) is 18.5 Å². The predicted molar refractivity (Wildman–Crippen MR) is 130 cm³/mol. The van der Waals surface area contributed by atoms with Crippen LogP contribution in [0.1, 0.15) is 44.9 Å². The number of hydrogen-bond donors (Lipinski definition) is 0. The maximum absolute atomic E-state index is 6.35. The summed E-state index contributed by atoms with van der Waals surface area (Å²) in [7, 11) is -0.0350. The molecule has 0 radical (unpaired) electrons. The molecule has 2 aromatic rings. The van der Waals surface area contributed by atoms with Crippen molar-refractivity contribution in [3.8, 4) is 0 Å². The smallest absolute Gasteiger partial charge is 0.188 e. The first-order chi connectivity index (χ1) is 15.8. The fourth-order valence-corrected chi connectivity index (χ4v) is 9.02. The molecule has 0 heterocycles. The molecule has 166 valence electrons. The van der Waals surface area contributed by atoms with Crippen molar-refractivity contribution in [2.45, 2.75) is 60.8 Å². The number of benzene rings is 2. The van der Waals surface area contributed by atoms with Crippen molar-refractivity contribution >= 4 is 10.9 Å². The molecule has 5 aliphatic carbocycles. The lowest BCUT2D eigenvalue weighted by Gasteiger charge is -2.53. The normalized spacial score (nSPS) is 30.8. The molecule has 7 rings (SSSR count). The van der Waals surface area contributed by atoms with Crippen LogP contribution >= 0.6 is 0 Å². The first-order valence-corrected chi connectivity index (χ1v) is 13.5. The zero-order valence-electron chi connectivity index (χ0n) is 18.7. The van der Waals surface area contributed by atoms with Crippen LogP contribution in [0.3, 0.4) is 0 Å². The van der Waals surface area contributed by atoms with E-state index in [1.54, 1.807) is 0 Å². The molecule has 4 saturated carbocycles. The molecular formula is C29H33O2S+. The minimum atomic E-state index is -0.0350. The summed E-state index contributed by atoms with van der Waals surface area (Å²) in [5.41, 5.74) is 0. The Labute approximate surface area is 195 Å². The van der Waals surface area contributed by atoms with Gasteiger partial charge in [-0.3, -0.25) is 0 Å². The summed E-state index contributed by atoms with van der Waals surface area (Å²) in [5.74, 6) is 4.64. The molecule has 5 aliphatic rings. The molecule has 0 N–H and O–H groups in total. The fourth-order valence-electron chi connectivity index (χ4n) is 6.78. The highest BCUT2D eigenvalue weighted by atomic mass is 32.2. The lowest BCUT2D eigenvalue weighted by atomic mass is 9.55. The Morgan fingerprint density at radius 3 is 1.81 bits per heavy atom. The number of allylic oxidation sites excluding steroid dienone is 4. The summed E-state index contributed by atoms with van der Waals surface area (Å²) in [5, 5.41) is 0. The summed E-state index contributed by atoms with van der Waals surface area (Å²) in [6.45, 7) is 0.422. The Bertz CT molecular complexity index is 913. The van der Waals surface area contributed by atoms with Gasteiger partial charge in [-0.1, -0.05) is 36.4 Å². The molecule has 0 aromatic heterocycles. The standard InChI is InChI=1S/C29H33O2S/c1-3-7-26(8-4-1)32(27-9-5-2-6-10-27)28-13-11-25(12-14-28)30-20-31-29-23-16-21-15-22(18-23)19-24(29)17-21/h1-11,13,21-24,29H,12,14-20H2/q+1. The molecule has 4 fully saturated rings. The molecule has 2 aromatic carbocycles. The van der Waals surface area contributed by atoms with Crippen LogP contribution in [-0.2, 0) is 20.4 Å². The van der Waals surface area contributed by atoms with Crippen LogP contribution in [0.15, 0.2) is 93.3 Å². The van der Waals surface area contributed by atoms with Crippen LogP contribution in [-0.4, -0.2) is 12.9 Å². The number of hydrogen-bond acceptors (Lipinski definition) is 2. The maximum Gasteiger partial charge on any atom is 0.188 e. The van der Waals surface area contributed by atoms with Gasteiger partial charge < -0.3 is 9.47 Å². The average molecular weight is 446 g/mol. The highest BCUT2D eigenvalue weighted by Gasteiger charge is 2.48. The van der Waals surface area contributed by atoms with Crippen molar-refractivity contribution in [3.63, 3.8) is 0 Å². The number of ether oxygens (including phenoxy) is 2. The molecule has 0 unspecified atom stereocenters. The second kappa shape index (κ2) is 9.11. The molecule has 0 atom stereocenters. The third-order valence-electron chi connectivity index (χ3n) is 7.94. The van der Waals surface area contributed by atoms with Crippen LogP contribution in [0.5, 0.6) is 0 Å². The summed E-state index contributed by atoms with van der Waals surface area (Å²) in [4.78, 5) is 4.25. The van der Waals surface area contributed by atoms with Crippen molar-refractivity contribution in [1.29, 1.82) is 0 Å². The first kappa shape index (κ1) is 20.6. The number of rotatable bonds is 7. The van der Waals surface area contributed by atoms with E-state index in [9.17, 15) is 0 Å². The molecule has 4 bridgehead atoms. The summed E-state index contributed by atoms with van der Waals surface area (Å²) >= 11 is 0. The van der Waals surface area contributed by atoms with E-state index in [1.165, 1.54) is 46.8 Å². The second-order valence-corrected chi connectivity index (χ2v) is 12.1. The molecule has 2 nitrogen and oxygen atoms in total. The Hall–Kier alpha value is -1.97. The molecule has 0 aliphatic heterocycles. The van der Waals surface area contributed by atoms with Crippen molar-refractivity contribution in [3.05, 3.63) is 83.5 Å². The van der Waals surface area contributed by atoms with Gasteiger partial charge in [0.25, 0.3) is 0 Å².